The van der Waals surface area contributed by atoms with E-state index in [2.05, 4.69) is 10.2 Å². The zero-order chi connectivity index (χ0) is 15.1. The number of carbonyl (C=O) groups is 1. The van der Waals surface area contributed by atoms with Crippen LogP contribution in [0, 0.1) is 5.92 Å². The molecule has 114 valence electrons. The van der Waals surface area contributed by atoms with E-state index < -0.39 is 0 Å². The monoisotopic (exact) mass is 314 g/mol. The molecule has 3 nitrogen and oxygen atoms in total. The van der Waals surface area contributed by atoms with E-state index >= 15 is 0 Å². The first kappa shape index (κ1) is 14.0. The fourth-order valence-electron chi connectivity index (χ4n) is 3.76. The summed E-state index contributed by atoms with van der Waals surface area (Å²) < 4.78 is 0. The van der Waals surface area contributed by atoms with Crippen LogP contribution in [0.2, 0.25) is 5.02 Å². The molecule has 1 atom stereocenters. The van der Waals surface area contributed by atoms with Gasteiger partial charge in [-0.2, -0.15) is 0 Å². The van der Waals surface area contributed by atoms with Gasteiger partial charge in [0.2, 0.25) is 0 Å². The molecule has 5 rings (SSSR count). The third-order valence-electron chi connectivity index (χ3n) is 5.06. The summed E-state index contributed by atoms with van der Waals surface area (Å²) in [4.78, 5) is 15.0. The highest BCUT2D eigenvalue weighted by Gasteiger charge is 2.34. The lowest BCUT2D eigenvalue weighted by Gasteiger charge is -2.44. The number of benzene rings is 2. The zero-order valence-electron chi connectivity index (χ0n) is 12.4. The van der Waals surface area contributed by atoms with Crippen molar-refractivity contribution in [3.8, 4) is 0 Å². The highest BCUT2D eigenvalue weighted by Crippen LogP contribution is 2.28. The van der Waals surface area contributed by atoms with Crippen molar-refractivity contribution < 1.29 is 4.79 Å². The van der Waals surface area contributed by atoms with E-state index in [0.717, 1.165) is 17.3 Å². The molecule has 0 saturated carbocycles. The molecule has 2 aromatic rings. The van der Waals surface area contributed by atoms with Crippen molar-refractivity contribution in [2.75, 3.05) is 19.6 Å². The first-order chi connectivity index (χ1) is 10.7. The molecule has 2 bridgehead atoms. The molecule has 3 aliphatic heterocycles. The number of nitrogens with one attached hydrogen (secondary N) is 1. The first-order valence-corrected chi connectivity index (χ1v) is 8.30. The first-order valence-electron chi connectivity index (χ1n) is 7.92. The van der Waals surface area contributed by atoms with Crippen LogP contribution in [0.1, 0.15) is 23.2 Å². The van der Waals surface area contributed by atoms with Crippen molar-refractivity contribution in [3.63, 3.8) is 0 Å². The summed E-state index contributed by atoms with van der Waals surface area (Å²) in [5.41, 5.74) is 0.692. The highest BCUT2D eigenvalue weighted by molar-refractivity contribution is 6.35. The maximum atomic E-state index is 12.6. The van der Waals surface area contributed by atoms with Crippen molar-refractivity contribution in [1.82, 2.24) is 10.2 Å². The van der Waals surface area contributed by atoms with Crippen LogP contribution in [0.3, 0.4) is 0 Å². The van der Waals surface area contributed by atoms with Crippen molar-refractivity contribution >= 4 is 28.3 Å². The van der Waals surface area contributed by atoms with Gasteiger partial charge in [-0.25, -0.2) is 0 Å². The van der Waals surface area contributed by atoms with E-state index in [1.54, 1.807) is 0 Å². The number of halogens is 1. The van der Waals surface area contributed by atoms with Crippen LogP contribution in [-0.2, 0) is 0 Å². The van der Waals surface area contributed by atoms with Crippen molar-refractivity contribution in [1.29, 1.82) is 0 Å². The fourth-order valence-corrected chi connectivity index (χ4v) is 3.99. The van der Waals surface area contributed by atoms with Crippen LogP contribution >= 0.6 is 11.6 Å². The number of amides is 1. The Labute approximate surface area is 135 Å². The number of rotatable bonds is 2. The molecular weight excluding hydrogens is 296 g/mol. The molecule has 22 heavy (non-hydrogen) atoms. The van der Waals surface area contributed by atoms with Crippen molar-refractivity contribution in [2.24, 2.45) is 5.92 Å². The molecule has 0 aromatic heterocycles. The number of fused-ring (bicyclic) bond motifs is 4. The molecular formula is C18H19ClN2O. The Balaban J connectivity index is 1.56. The summed E-state index contributed by atoms with van der Waals surface area (Å²) in [6.45, 7) is 3.36. The summed E-state index contributed by atoms with van der Waals surface area (Å²) in [6, 6.07) is 11.8. The molecule has 0 radical (unpaired) electrons. The summed E-state index contributed by atoms with van der Waals surface area (Å²) >= 11 is 6.24. The standard InChI is InChI=1S/C18H19ClN2O/c19-16-3-1-2-12-4-5-14(10-15(12)16)18(22)20-17-11-21-8-6-13(17)7-9-21/h1-5,10,13,17H,6-9,11H2,(H,20,22)/t17-/m0/s1. The predicted octanol–water partition coefficient (Wildman–Crippen LogP) is 3.32. The van der Waals surface area contributed by atoms with Crippen LogP contribution in [0.5, 0.6) is 0 Å². The van der Waals surface area contributed by atoms with Crippen LogP contribution in [0.25, 0.3) is 10.8 Å². The SMILES string of the molecule is O=C(N[C@H]1CN2CCC1CC2)c1ccc2cccc(Cl)c2c1. The average Bonchev–Trinajstić information content (AvgIpc) is 2.56. The Morgan fingerprint density at radius 3 is 2.73 bits per heavy atom. The van der Waals surface area contributed by atoms with Gasteiger partial charge in [0, 0.05) is 28.6 Å². The number of hydrogen-bond acceptors (Lipinski definition) is 2. The Kier molecular flexibility index (Phi) is 3.55. The lowest BCUT2D eigenvalue weighted by Crippen LogP contribution is -2.57. The number of carbonyl (C=O) groups excluding carboxylic acids is 1. The van der Waals surface area contributed by atoms with E-state index in [1.807, 2.05) is 36.4 Å². The molecule has 3 saturated heterocycles. The Morgan fingerprint density at radius 1 is 1.18 bits per heavy atom. The third-order valence-corrected chi connectivity index (χ3v) is 5.39. The van der Waals surface area contributed by atoms with Gasteiger partial charge in [-0.05, 0) is 55.4 Å². The quantitative estimate of drug-likeness (QED) is 0.922. The smallest absolute Gasteiger partial charge is 0.251 e. The number of piperidine rings is 3. The number of nitrogens with zero attached hydrogens (tertiary/aromatic N) is 1. The van der Waals surface area contributed by atoms with Gasteiger partial charge in [-0.1, -0.05) is 29.8 Å². The van der Waals surface area contributed by atoms with Gasteiger partial charge in [0.25, 0.3) is 5.91 Å². The van der Waals surface area contributed by atoms with Crippen LogP contribution < -0.4 is 5.32 Å². The van der Waals surface area contributed by atoms with Gasteiger partial charge in [-0.3, -0.25) is 4.79 Å². The zero-order valence-corrected chi connectivity index (χ0v) is 13.1. The maximum Gasteiger partial charge on any atom is 0.251 e. The Bertz CT molecular complexity index is 722. The normalized spacial score (nSPS) is 27.0. The van der Waals surface area contributed by atoms with Gasteiger partial charge in [0.05, 0.1) is 0 Å². The molecule has 0 unspecified atom stereocenters. The van der Waals surface area contributed by atoms with Gasteiger partial charge in [-0.15, -0.1) is 0 Å². The lowest BCUT2D eigenvalue weighted by molar-refractivity contribution is 0.0620. The topological polar surface area (TPSA) is 32.3 Å². The second kappa shape index (κ2) is 5.56. The van der Waals surface area contributed by atoms with Crippen LogP contribution in [-0.4, -0.2) is 36.5 Å². The molecule has 4 heteroatoms. The minimum absolute atomic E-state index is 0.0144. The van der Waals surface area contributed by atoms with Gasteiger partial charge in [0.15, 0.2) is 0 Å². The van der Waals surface area contributed by atoms with Gasteiger partial charge < -0.3 is 10.2 Å². The minimum Gasteiger partial charge on any atom is -0.348 e. The summed E-state index contributed by atoms with van der Waals surface area (Å²) in [6.07, 6.45) is 2.41. The molecule has 3 heterocycles. The predicted molar refractivity (Wildman–Crippen MR) is 89.4 cm³/mol. The summed E-state index contributed by atoms with van der Waals surface area (Å²) in [5, 5.41) is 5.91. The average molecular weight is 315 g/mol. The molecule has 3 aliphatic rings. The minimum atomic E-state index is 0.0144. The van der Waals surface area contributed by atoms with E-state index in [1.165, 1.54) is 25.9 Å². The van der Waals surface area contributed by atoms with E-state index in [4.69, 9.17) is 11.6 Å². The third kappa shape index (κ3) is 2.49. The Morgan fingerprint density at radius 2 is 2.00 bits per heavy atom. The van der Waals surface area contributed by atoms with E-state index in [-0.39, 0.29) is 11.9 Å². The van der Waals surface area contributed by atoms with Crippen molar-refractivity contribution in [3.05, 3.63) is 47.0 Å². The largest absolute Gasteiger partial charge is 0.348 e. The van der Waals surface area contributed by atoms with Crippen molar-refractivity contribution in [2.45, 2.75) is 18.9 Å². The molecule has 2 aromatic carbocycles. The van der Waals surface area contributed by atoms with E-state index in [9.17, 15) is 4.79 Å². The maximum absolute atomic E-state index is 12.6. The number of hydrogen-bond donors (Lipinski definition) is 1. The van der Waals surface area contributed by atoms with Crippen LogP contribution in [0.15, 0.2) is 36.4 Å². The molecule has 3 fully saturated rings. The second-order valence-electron chi connectivity index (χ2n) is 6.39. The molecule has 1 N–H and O–H groups in total. The fraction of sp³-hybridized carbons (Fsp3) is 0.389. The summed E-state index contributed by atoms with van der Waals surface area (Å²) in [7, 11) is 0. The molecule has 0 spiro atoms. The summed E-state index contributed by atoms with van der Waals surface area (Å²) in [5.74, 6) is 0.651. The van der Waals surface area contributed by atoms with Gasteiger partial charge in [0.1, 0.15) is 0 Å². The van der Waals surface area contributed by atoms with E-state index in [0.29, 0.717) is 16.5 Å². The molecule has 1 amide bonds. The van der Waals surface area contributed by atoms with Crippen LogP contribution in [0.4, 0.5) is 0 Å². The second-order valence-corrected chi connectivity index (χ2v) is 6.80. The molecule has 0 aliphatic carbocycles. The highest BCUT2D eigenvalue weighted by atomic mass is 35.5. The van der Waals surface area contributed by atoms with Gasteiger partial charge >= 0.3 is 0 Å². The Hall–Kier alpha value is -1.58. The lowest BCUT2D eigenvalue weighted by atomic mass is 9.84.